The summed E-state index contributed by atoms with van der Waals surface area (Å²) in [4.78, 5) is 0. The van der Waals surface area contributed by atoms with Crippen molar-refractivity contribution in [3.63, 3.8) is 0 Å². The standard InChI is InChI=1S/C12H17NO/c1-8-3-4-12(9(2)5-8)14-11-6-10(13)7-11/h3-5,10-11H,6-7,13H2,1-2H3. The second kappa shape index (κ2) is 3.62. The molecule has 0 atom stereocenters. The van der Waals surface area contributed by atoms with Crippen molar-refractivity contribution >= 4 is 0 Å². The molecule has 0 unspecified atom stereocenters. The Labute approximate surface area is 85.1 Å². The van der Waals surface area contributed by atoms with Crippen LogP contribution in [0.15, 0.2) is 18.2 Å². The van der Waals surface area contributed by atoms with Gasteiger partial charge in [-0.2, -0.15) is 0 Å². The Morgan fingerprint density at radius 1 is 1.29 bits per heavy atom. The van der Waals surface area contributed by atoms with Crippen molar-refractivity contribution in [3.05, 3.63) is 29.3 Å². The molecule has 0 radical (unpaired) electrons. The van der Waals surface area contributed by atoms with E-state index in [-0.39, 0.29) is 0 Å². The molecule has 1 aromatic rings. The highest BCUT2D eigenvalue weighted by atomic mass is 16.5. The largest absolute Gasteiger partial charge is 0.490 e. The van der Waals surface area contributed by atoms with Gasteiger partial charge in [0.05, 0.1) is 0 Å². The molecule has 1 saturated carbocycles. The molecule has 1 aliphatic rings. The van der Waals surface area contributed by atoms with Crippen molar-refractivity contribution in [2.45, 2.75) is 38.8 Å². The molecule has 0 spiro atoms. The van der Waals surface area contributed by atoms with Gasteiger partial charge in [0.15, 0.2) is 0 Å². The fourth-order valence-corrected chi connectivity index (χ4v) is 1.81. The third-order valence-electron chi connectivity index (χ3n) is 2.76. The summed E-state index contributed by atoms with van der Waals surface area (Å²) in [5.41, 5.74) is 8.20. The monoisotopic (exact) mass is 191 g/mol. The summed E-state index contributed by atoms with van der Waals surface area (Å²) >= 11 is 0. The molecular weight excluding hydrogens is 174 g/mol. The van der Waals surface area contributed by atoms with Crippen LogP contribution in [0.4, 0.5) is 0 Å². The molecule has 1 fully saturated rings. The highest BCUT2D eigenvalue weighted by Crippen LogP contribution is 2.27. The van der Waals surface area contributed by atoms with E-state index in [2.05, 4.69) is 32.0 Å². The van der Waals surface area contributed by atoms with Gasteiger partial charge in [0, 0.05) is 6.04 Å². The van der Waals surface area contributed by atoms with E-state index in [4.69, 9.17) is 10.5 Å². The van der Waals surface area contributed by atoms with E-state index in [0.29, 0.717) is 12.1 Å². The Kier molecular flexibility index (Phi) is 2.46. The molecule has 1 aromatic carbocycles. The van der Waals surface area contributed by atoms with Gasteiger partial charge in [-0.25, -0.2) is 0 Å². The first-order valence-electron chi connectivity index (χ1n) is 5.14. The summed E-state index contributed by atoms with van der Waals surface area (Å²) in [6.07, 6.45) is 2.33. The Hall–Kier alpha value is -1.02. The predicted octanol–water partition coefficient (Wildman–Crippen LogP) is 2.17. The van der Waals surface area contributed by atoms with Crippen LogP contribution in [0.5, 0.6) is 5.75 Å². The molecule has 0 heterocycles. The van der Waals surface area contributed by atoms with Crippen molar-refractivity contribution < 1.29 is 4.74 Å². The summed E-state index contributed by atoms with van der Waals surface area (Å²) in [6.45, 7) is 4.18. The first-order valence-corrected chi connectivity index (χ1v) is 5.14. The smallest absolute Gasteiger partial charge is 0.122 e. The molecule has 2 N–H and O–H groups in total. The van der Waals surface area contributed by atoms with E-state index in [1.807, 2.05) is 0 Å². The summed E-state index contributed by atoms with van der Waals surface area (Å²) in [5.74, 6) is 1.01. The van der Waals surface area contributed by atoms with Gasteiger partial charge in [-0.05, 0) is 38.3 Å². The highest BCUT2D eigenvalue weighted by Gasteiger charge is 2.27. The fourth-order valence-electron chi connectivity index (χ4n) is 1.81. The molecule has 2 rings (SSSR count). The van der Waals surface area contributed by atoms with Crippen molar-refractivity contribution in [2.24, 2.45) is 5.73 Å². The van der Waals surface area contributed by atoms with Gasteiger partial charge in [-0.15, -0.1) is 0 Å². The van der Waals surface area contributed by atoms with E-state index in [1.54, 1.807) is 0 Å². The Bertz CT molecular complexity index is 329. The Balaban J connectivity index is 2.02. The summed E-state index contributed by atoms with van der Waals surface area (Å²) < 4.78 is 5.83. The molecule has 2 heteroatoms. The number of hydrogen-bond acceptors (Lipinski definition) is 2. The minimum Gasteiger partial charge on any atom is -0.490 e. The maximum Gasteiger partial charge on any atom is 0.122 e. The van der Waals surface area contributed by atoms with E-state index < -0.39 is 0 Å². The summed E-state index contributed by atoms with van der Waals surface area (Å²) in [6, 6.07) is 6.63. The van der Waals surface area contributed by atoms with Crippen LogP contribution in [0.2, 0.25) is 0 Å². The van der Waals surface area contributed by atoms with Gasteiger partial charge in [-0.1, -0.05) is 17.7 Å². The summed E-state index contributed by atoms with van der Waals surface area (Å²) in [7, 11) is 0. The molecule has 0 bridgehead atoms. The number of ether oxygens (including phenoxy) is 1. The molecular formula is C12H17NO. The first kappa shape index (κ1) is 9.53. The van der Waals surface area contributed by atoms with Crippen LogP contribution >= 0.6 is 0 Å². The predicted molar refractivity (Wildman–Crippen MR) is 57.5 cm³/mol. The van der Waals surface area contributed by atoms with Gasteiger partial charge in [0.25, 0.3) is 0 Å². The fraction of sp³-hybridized carbons (Fsp3) is 0.500. The second-order valence-electron chi connectivity index (χ2n) is 4.24. The Morgan fingerprint density at radius 3 is 2.57 bits per heavy atom. The molecule has 0 amide bonds. The van der Waals surface area contributed by atoms with Gasteiger partial charge in [-0.3, -0.25) is 0 Å². The Morgan fingerprint density at radius 2 is 2.00 bits per heavy atom. The van der Waals surface area contributed by atoms with Crippen LogP contribution in [0.3, 0.4) is 0 Å². The van der Waals surface area contributed by atoms with Crippen LogP contribution in [0.25, 0.3) is 0 Å². The minimum atomic E-state index is 0.339. The quantitative estimate of drug-likeness (QED) is 0.777. The number of rotatable bonds is 2. The SMILES string of the molecule is Cc1ccc(OC2CC(N)C2)c(C)c1. The van der Waals surface area contributed by atoms with Gasteiger partial charge in [0.1, 0.15) is 11.9 Å². The van der Waals surface area contributed by atoms with Crippen molar-refractivity contribution in [2.75, 3.05) is 0 Å². The van der Waals surface area contributed by atoms with E-state index in [0.717, 1.165) is 18.6 Å². The van der Waals surface area contributed by atoms with Crippen LogP contribution in [0, 0.1) is 13.8 Å². The lowest BCUT2D eigenvalue weighted by molar-refractivity contribution is 0.100. The molecule has 14 heavy (non-hydrogen) atoms. The summed E-state index contributed by atoms with van der Waals surface area (Å²) in [5, 5.41) is 0. The third-order valence-corrected chi connectivity index (χ3v) is 2.76. The average Bonchev–Trinajstić information content (AvgIpc) is 2.06. The van der Waals surface area contributed by atoms with Crippen LogP contribution in [-0.2, 0) is 0 Å². The van der Waals surface area contributed by atoms with Crippen LogP contribution < -0.4 is 10.5 Å². The van der Waals surface area contributed by atoms with Crippen molar-refractivity contribution in [3.8, 4) is 5.75 Å². The lowest BCUT2D eigenvalue weighted by Crippen LogP contribution is -2.43. The number of nitrogens with two attached hydrogens (primary N) is 1. The molecule has 0 aromatic heterocycles. The topological polar surface area (TPSA) is 35.2 Å². The molecule has 0 aliphatic heterocycles. The van der Waals surface area contributed by atoms with Gasteiger partial charge in [0.2, 0.25) is 0 Å². The zero-order valence-corrected chi connectivity index (χ0v) is 8.79. The number of hydrogen-bond donors (Lipinski definition) is 1. The lowest BCUT2D eigenvalue weighted by Gasteiger charge is -2.33. The van der Waals surface area contributed by atoms with Crippen molar-refractivity contribution in [1.29, 1.82) is 0 Å². The van der Waals surface area contributed by atoms with Gasteiger partial charge < -0.3 is 10.5 Å². The molecule has 0 saturated heterocycles. The van der Waals surface area contributed by atoms with Crippen LogP contribution in [-0.4, -0.2) is 12.1 Å². The average molecular weight is 191 g/mol. The minimum absolute atomic E-state index is 0.339. The van der Waals surface area contributed by atoms with Crippen molar-refractivity contribution in [1.82, 2.24) is 0 Å². The molecule has 2 nitrogen and oxygen atoms in total. The third kappa shape index (κ3) is 1.90. The van der Waals surface area contributed by atoms with Crippen LogP contribution in [0.1, 0.15) is 24.0 Å². The van der Waals surface area contributed by atoms with E-state index in [9.17, 15) is 0 Å². The number of benzene rings is 1. The van der Waals surface area contributed by atoms with E-state index in [1.165, 1.54) is 11.1 Å². The van der Waals surface area contributed by atoms with Gasteiger partial charge >= 0.3 is 0 Å². The first-order chi connectivity index (χ1) is 6.65. The highest BCUT2D eigenvalue weighted by molar-refractivity contribution is 5.35. The maximum atomic E-state index is 5.83. The molecule has 1 aliphatic carbocycles. The van der Waals surface area contributed by atoms with E-state index >= 15 is 0 Å². The lowest BCUT2D eigenvalue weighted by atomic mass is 9.90. The maximum absolute atomic E-state index is 5.83. The zero-order chi connectivity index (χ0) is 10.1. The normalized spacial score (nSPS) is 25.6. The zero-order valence-electron chi connectivity index (χ0n) is 8.79. The number of aryl methyl sites for hydroxylation is 2. The molecule has 76 valence electrons. The second-order valence-corrected chi connectivity index (χ2v) is 4.24.